The van der Waals surface area contributed by atoms with Crippen LogP contribution in [0.2, 0.25) is 0 Å². The summed E-state index contributed by atoms with van der Waals surface area (Å²) in [6.45, 7) is 3.24. The van der Waals surface area contributed by atoms with E-state index < -0.39 is 0 Å². The number of aryl methyl sites for hydroxylation is 1. The van der Waals surface area contributed by atoms with Crippen LogP contribution in [0.1, 0.15) is 5.56 Å². The Balaban J connectivity index is 1.60. The molecule has 22 heavy (non-hydrogen) atoms. The lowest BCUT2D eigenvalue weighted by Gasteiger charge is -2.08. The molecule has 2 aromatic carbocycles. The Hall–Kier alpha value is -2.62. The lowest BCUT2D eigenvalue weighted by Crippen LogP contribution is -2.09. The summed E-state index contributed by atoms with van der Waals surface area (Å²) in [5.74, 6) is 0.656. The molecule has 0 saturated carbocycles. The number of rotatable bonds is 5. The smallest absolute Gasteiger partial charge is 0.123 e. The summed E-state index contributed by atoms with van der Waals surface area (Å²) in [7, 11) is 0. The fourth-order valence-electron chi connectivity index (χ4n) is 2.23. The van der Waals surface area contributed by atoms with Gasteiger partial charge in [0.15, 0.2) is 0 Å². The third-order valence-electron chi connectivity index (χ3n) is 3.45. The molecule has 3 rings (SSSR count). The maximum atomic E-state index is 12.9. The van der Waals surface area contributed by atoms with Gasteiger partial charge in [-0.3, -0.25) is 4.68 Å². The Morgan fingerprint density at radius 2 is 1.82 bits per heavy atom. The molecule has 0 amide bonds. The molecule has 0 spiro atoms. The van der Waals surface area contributed by atoms with E-state index in [1.54, 1.807) is 12.1 Å². The van der Waals surface area contributed by atoms with Crippen molar-refractivity contribution in [1.82, 2.24) is 9.78 Å². The van der Waals surface area contributed by atoms with Crippen LogP contribution in [0.5, 0.6) is 5.75 Å². The standard InChI is InChI=1S/C18H17FN2O/c1-14-4-2-3-5-18(14)22-13-12-21-11-10-17(20-21)15-6-8-16(19)9-7-15/h2-11H,12-13H2,1H3. The van der Waals surface area contributed by atoms with Crippen LogP contribution in [-0.4, -0.2) is 16.4 Å². The van der Waals surface area contributed by atoms with Gasteiger partial charge in [0.2, 0.25) is 0 Å². The second-order valence-electron chi connectivity index (χ2n) is 5.08. The number of para-hydroxylation sites is 1. The van der Waals surface area contributed by atoms with Crippen LogP contribution in [0.25, 0.3) is 11.3 Å². The maximum Gasteiger partial charge on any atom is 0.123 e. The molecule has 0 saturated heterocycles. The second-order valence-corrected chi connectivity index (χ2v) is 5.08. The van der Waals surface area contributed by atoms with E-state index in [1.807, 2.05) is 48.1 Å². The first-order valence-corrected chi connectivity index (χ1v) is 7.20. The van der Waals surface area contributed by atoms with Crippen LogP contribution in [0.3, 0.4) is 0 Å². The van der Waals surface area contributed by atoms with Crippen molar-refractivity contribution in [1.29, 1.82) is 0 Å². The first kappa shape index (κ1) is 14.3. The van der Waals surface area contributed by atoms with Crippen LogP contribution in [0, 0.1) is 12.7 Å². The SMILES string of the molecule is Cc1ccccc1OCCn1ccc(-c2ccc(F)cc2)n1. The van der Waals surface area contributed by atoms with Crippen molar-refractivity contribution in [2.75, 3.05) is 6.61 Å². The second kappa shape index (κ2) is 6.43. The summed E-state index contributed by atoms with van der Waals surface area (Å²) in [6.07, 6.45) is 1.90. The molecule has 0 unspecified atom stereocenters. The van der Waals surface area contributed by atoms with Gasteiger partial charge in [-0.1, -0.05) is 18.2 Å². The fraction of sp³-hybridized carbons (Fsp3) is 0.167. The molecule has 0 radical (unpaired) electrons. The zero-order valence-corrected chi connectivity index (χ0v) is 12.4. The van der Waals surface area contributed by atoms with E-state index in [-0.39, 0.29) is 5.82 Å². The lowest BCUT2D eigenvalue weighted by molar-refractivity contribution is 0.289. The Kier molecular flexibility index (Phi) is 4.19. The van der Waals surface area contributed by atoms with E-state index in [2.05, 4.69) is 5.10 Å². The molecule has 0 aliphatic carbocycles. The third kappa shape index (κ3) is 3.34. The molecule has 0 atom stereocenters. The van der Waals surface area contributed by atoms with E-state index in [0.717, 1.165) is 22.6 Å². The van der Waals surface area contributed by atoms with Gasteiger partial charge in [-0.2, -0.15) is 5.10 Å². The molecule has 4 heteroatoms. The zero-order chi connectivity index (χ0) is 15.4. The van der Waals surface area contributed by atoms with Crippen molar-refractivity contribution in [3.63, 3.8) is 0 Å². The lowest BCUT2D eigenvalue weighted by atomic mass is 10.1. The minimum atomic E-state index is -0.241. The first-order chi connectivity index (χ1) is 10.7. The number of hydrogen-bond acceptors (Lipinski definition) is 2. The first-order valence-electron chi connectivity index (χ1n) is 7.20. The highest BCUT2D eigenvalue weighted by Crippen LogP contribution is 2.18. The van der Waals surface area contributed by atoms with Gasteiger partial charge < -0.3 is 4.74 Å². The Bertz CT molecular complexity index is 750. The quantitative estimate of drug-likeness (QED) is 0.709. The molecule has 0 fully saturated rings. The maximum absolute atomic E-state index is 12.9. The summed E-state index contributed by atoms with van der Waals surface area (Å²) in [5, 5.41) is 4.48. The molecule has 3 aromatic rings. The van der Waals surface area contributed by atoms with E-state index in [9.17, 15) is 4.39 Å². The molecular weight excluding hydrogens is 279 g/mol. The monoisotopic (exact) mass is 296 g/mol. The van der Waals surface area contributed by atoms with Crippen molar-refractivity contribution in [2.45, 2.75) is 13.5 Å². The Morgan fingerprint density at radius 3 is 2.59 bits per heavy atom. The minimum absolute atomic E-state index is 0.241. The van der Waals surface area contributed by atoms with Crippen LogP contribution in [-0.2, 0) is 6.54 Å². The van der Waals surface area contributed by atoms with E-state index in [4.69, 9.17) is 4.74 Å². The highest BCUT2D eigenvalue weighted by atomic mass is 19.1. The van der Waals surface area contributed by atoms with Crippen molar-refractivity contribution < 1.29 is 9.13 Å². The van der Waals surface area contributed by atoms with Crippen molar-refractivity contribution in [2.24, 2.45) is 0 Å². The number of hydrogen-bond donors (Lipinski definition) is 0. The highest BCUT2D eigenvalue weighted by Gasteiger charge is 2.03. The van der Waals surface area contributed by atoms with Crippen LogP contribution >= 0.6 is 0 Å². The molecule has 112 valence electrons. The molecule has 0 bridgehead atoms. The van der Waals surface area contributed by atoms with Gasteiger partial charge in [0.25, 0.3) is 0 Å². The van der Waals surface area contributed by atoms with Crippen LogP contribution in [0.15, 0.2) is 60.8 Å². The Labute approximate surface area is 129 Å². The fourth-order valence-corrected chi connectivity index (χ4v) is 2.23. The van der Waals surface area contributed by atoms with Crippen molar-refractivity contribution in [3.05, 3.63) is 72.2 Å². The molecule has 3 nitrogen and oxygen atoms in total. The van der Waals surface area contributed by atoms with Crippen LogP contribution in [0.4, 0.5) is 4.39 Å². The normalized spacial score (nSPS) is 10.6. The van der Waals surface area contributed by atoms with Gasteiger partial charge in [-0.15, -0.1) is 0 Å². The number of aromatic nitrogens is 2. The summed E-state index contributed by atoms with van der Waals surface area (Å²) in [6, 6.07) is 16.2. The highest BCUT2D eigenvalue weighted by molar-refractivity contribution is 5.58. The number of halogens is 1. The predicted molar refractivity (Wildman–Crippen MR) is 84.3 cm³/mol. The number of benzene rings is 2. The Morgan fingerprint density at radius 1 is 1.05 bits per heavy atom. The molecule has 0 N–H and O–H groups in total. The van der Waals surface area contributed by atoms with Gasteiger partial charge in [-0.25, -0.2) is 4.39 Å². The predicted octanol–water partition coefficient (Wildman–Crippen LogP) is 4.08. The molecule has 1 heterocycles. The van der Waals surface area contributed by atoms with Crippen molar-refractivity contribution in [3.8, 4) is 17.0 Å². The zero-order valence-electron chi connectivity index (χ0n) is 12.4. The largest absolute Gasteiger partial charge is 0.491 e. The van der Waals surface area contributed by atoms with Gasteiger partial charge in [0.1, 0.15) is 18.2 Å². The summed E-state index contributed by atoms with van der Waals surface area (Å²) < 4.78 is 20.5. The van der Waals surface area contributed by atoms with Gasteiger partial charge in [0.05, 0.1) is 12.2 Å². The molecule has 0 aliphatic rings. The average molecular weight is 296 g/mol. The van der Waals surface area contributed by atoms with E-state index in [0.29, 0.717) is 13.2 Å². The number of ether oxygens (including phenoxy) is 1. The van der Waals surface area contributed by atoms with Gasteiger partial charge >= 0.3 is 0 Å². The topological polar surface area (TPSA) is 27.1 Å². The van der Waals surface area contributed by atoms with E-state index >= 15 is 0 Å². The molecule has 0 aliphatic heterocycles. The molecule has 1 aromatic heterocycles. The number of nitrogens with zero attached hydrogens (tertiary/aromatic N) is 2. The minimum Gasteiger partial charge on any atom is -0.491 e. The summed E-state index contributed by atoms with van der Waals surface area (Å²) >= 11 is 0. The summed E-state index contributed by atoms with van der Waals surface area (Å²) in [5.41, 5.74) is 2.85. The van der Waals surface area contributed by atoms with E-state index in [1.165, 1.54) is 12.1 Å². The third-order valence-corrected chi connectivity index (χ3v) is 3.45. The molecular formula is C18H17FN2O. The van der Waals surface area contributed by atoms with Gasteiger partial charge in [0, 0.05) is 11.8 Å². The van der Waals surface area contributed by atoms with Crippen LogP contribution < -0.4 is 4.74 Å². The van der Waals surface area contributed by atoms with Crippen molar-refractivity contribution >= 4 is 0 Å². The average Bonchev–Trinajstić information content (AvgIpc) is 2.99. The van der Waals surface area contributed by atoms with Gasteiger partial charge in [-0.05, 0) is 48.9 Å². The summed E-state index contributed by atoms with van der Waals surface area (Å²) in [4.78, 5) is 0.